The van der Waals surface area contributed by atoms with E-state index in [1.54, 1.807) is 0 Å². The van der Waals surface area contributed by atoms with Crippen LogP contribution in [0.15, 0.2) is 54.6 Å². The Bertz CT molecular complexity index is 527. The molecule has 0 saturated heterocycles. The summed E-state index contributed by atoms with van der Waals surface area (Å²) in [5.41, 5.74) is 4.51. The van der Waals surface area contributed by atoms with E-state index in [1.165, 1.54) is 42.4 Å². The standard InChI is InChI=1S/C20H26/c1-4-6-16-20(3,5-2)19-15-11-10-14-18(19)17-12-8-7-9-13-17/h7-15H,4-6,16H2,1-3H3. The topological polar surface area (TPSA) is 0 Å². The van der Waals surface area contributed by atoms with Crippen LogP contribution < -0.4 is 0 Å². The molecule has 0 bridgehead atoms. The average Bonchev–Trinajstić information content (AvgIpc) is 2.53. The van der Waals surface area contributed by atoms with Crippen LogP contribution in [0.1, 0.15) is 52.0 Å². The first-order chi connectivity index (χ1) is 9.71. The summed E-state index contributed by atoms with van der Waals surface area (Å²) in [6, 6.07) is 19.7. The Labute approximate surface area is 123 Å². The molecule has 2 aromatic carbocycles. The molecule has 0 radical (unpaired) electrons. The van der Waals surface area contributed by atoms with Gasteiger partial charge in [0.1, 0.15) is 0 Å². The minimum absolute atomic E-state index is 0.280. The predicted octanol–water partition coefficient (Wildman–Crippen LogP) is 6.21. The molecule has 2 aromatic rings. The van der Waals surface area contributed by atoms with Crippen molar-refractivity contribution in [1.29, 1.82) is 0 Å². The quantitative estimate of drug-likeness (QED) is 0.583. The third-order valence-electron chi connectivity index (χ3n) is 4.52. The summed E-state index contributed by atoms with van der Waals surface area (Å²) in [5, 5.41) is 0. The van der Waals surface area contributed by atoms with E-state index < -0.39 is 0 Å². The summed E-state index contributed by atoms with van der Waals surface area (Å²) >= 11 is 0. The fourth-order valence-corrected chi connectivity index (χ4v) is 2.95. The van der Waals surface area contributed by atoms with E-state index in [2.05, 4.69) is 75.4 Å². The van der Waals surface area contributed by atoms with Gasteiger partial charge in [0.05, 0.1) is 0 Å². The fraction of sp³-hybridized carbons (Fsp3) is 0.400. The maximum absolute atomic E-state index is 2.42. The second-order valence-corrected chi connectivity index (χ2v) is 5.93. The lowest BCUT2D eigenvalue weighted by Gasteiger charge is -2.31. The number of hydrogen-bond donors (Lipinski definition) is 0. The van der Waals surface area contributed by atoms with Gasteiger partial charge in [0.15, 0.2) is 0 Å². The van der Waals surface area contributed by atoms with Gasteiger partial charge in [-0.1, -0.05) is 88.2 Å². The smallest absolute Gasteiger partial charge is 0.00717 e. The second-order valence-electron chi connectivity index (χ2n) is 5.93. The lowest BCUT2D eigenvalue weighted by Crippen LogP contribution is -2.21. The molecule has 0 saturated carbocycles. The molecule has 106 valence electrons. The van der Waals surface area contributed by atoms with Crippen LogP contribution in [0.4, 0.5) is 0 Å². The minimum atomic E-state index is 0.280. The van der Waals surface area contributed by atoms with Crippen molar-refractivity contribution >= 4 is 0 Å². The van der Waals surface area contributed by atoms with Gasteiger partial charge in [-0.05, 0) is 34.9 Å². The summed E-state index contributed by atoms with van der Waals surface area (Å²) in [7, 11) is 0. The van der Waals surface area contributed by atoms with Crippen molar-refractivity contribution in [3.63, 3.8) is 0 Å². The van der Waals surface area contributed by atoms with Crippen LogP contribution in [0, 0.1) is 0 Å². The molecule has 0 heterocycles. The molecule has 1 atom stereocenters. The fourth-order valence-electron chi connectivity index (χ4n) is 2.95. The third kappa shape index (κ3) is 3.12. The second kappa shape index (κ2) is 6.74. The van der Waals surface area contributed by atoms with Crippen molar-refractivity contribution in [2.75, 3.05) is 0 Å². The average molecular weight is 266 g/mol. The zero-order valence-electron chi connectivity index (χ0n) is 13.0. The van der Waals surface area contributed by atoms with Gasteiger partial charge >= 0.3 is 0 Å². The Hall–Kier alpha value is -1.56. The van der Waals surface area contributed by atoms with Crippen LogP contribution in [0.2, 0.25) is 0 Å². The van der Waals surface area contributed by atoms with Gasteiger partial charge in [0, 0.05) is 0 Å². The number of hydrogen-bond acceptors (Lipinski definition) is 0. The molecule has 1 unspecified atom stereocenters. The summed E-state index contributed by atoms with van der Waals surface area (Å²) in [6.45, 7) is 7.01. The maximum atomic E-state index is 2.42. The molecule has 0 fully saturated rings. The summed E-state index contributed by atoms with van der Waals surface area (Å²) in [6.07, 6.45) is 5.03. The van der Waals surface area contributed by atoms with Crippen molar-refractivity contribution in [3.05, 3.63) is 60.2 Å². The van der Waals surface area contributed by atoms with E-state index in [9.17, 15) is 0 Å². The highest BCUT2D eigenvalue weighted by molar-refractivity contribution is 5.68. The van der Waals surface area contributed by atoms with Crippen molar-refractivity contribution < 1.29 is 0 Å². The Kier molecular flexibility index (Phi) is 5.00. The molecule has 0 amide bonds. The van der Waals surface area contributed by atoms with Crippen molar-refractivity contribution in [2.24, 2.45) is 0 Å². The zero-order valence-corrected chi connectivity index (χ0v) is 13.0. The van der Waals surface area contributed by atoms with Gasteiger partial charge in [-0.3, -0.25) is 0 Å². The Morgan fingerprint density at radius 1 is 0.850 bits per heavy atom. The molecule has 0 nitrogen and oxygen atoms in total. The number of rotatable bonds is 6. The molecule has 0 N–H and O–H groups in total. The molecule has 0 heteroatoms. The summed E-state index contributed by atoms with van der Waals surface area (Å²) in [5.74, 6) is 0. The van der Waals surface area contributed by atoms with Gasteiger partial charge in [-0.25, -0.2) is 0 Å². The maximum Gasteiger partial charge on any atom is -0.00717 e. The van der Waals surface area contributed by atoms with Crippen LogP contribution in [-0.4, -0.2) is 0 Å². The highest BCUT2D eigenvalue weighted by Crippen LogP contribution is 2.38. The van der Waals surface area contributed by atoms with Crippen LogP contribution in [0.3, 0.4) is 0 Å². The van der Waals surface area contributed by atoms with Crippen LogP contribution >= 0.6 is 0 Å². The van der Waals surface area contributed by atoms with E-state index in [4.69, 9.17) is 0 Å². The first-order valence-electron chi connectivity index (χ1n) is 7.86. The lowest BCUT2D eigenvalue weighted by molar-refractivity contribution is 0.404. The predicted molar refractivity (Wildman–Crippen MR) is 89.0 cm³/mol. The molecule has 0 aliphatic carbocycles. The largest absolute Gasteiger partial charge is 0.0654 e. The summed E-state index contributed by atoms with van der Waals surface area (Å²) in [4.78, 5) is 0. The highest BCUT2D eigenvalue weighted by atomic mass is 14.3. The van der Waals surface area contributed by atoms with Crippen molar-refractivity contribution in [3.8, 4) is 11.1 Å². The monoisotopic (exact) mass is 266 g/mol. The van der Waals surface area contributed by atoms with E-state index in [-0.39, 0.29) is 5.41 Å². The van der Waals surface area contributed by atoms with Gasteiger partial charge in [-0.2, -0.15) is 0 Å². The van der Waals surface area contributed by atoms with E-state index >= 15 is 0 Å². The number of unbranched alkanes of at least 4 members (excludes halogenated alkanes) is 1. The minimum Gasteiger partial charge on any atom is -0.0654 e. The first kappa shape index (κ1) is 14.8. The Balaban J connectivity index is 2.46. The third-order valence-corrected chi connectivity index (χ3v) is 4.52. The van der Waals surface area contributed by atoms with Gasteiger partial charge in [0.2, 0.25) is 0 Å². The van der Waals surface area contributed by atoms with E-state index in [1.807, 2.05) is 0 Å². The van der Waals surface area contributed by atoms with Gasteiger partial charge in [0.25, 0.3) is 0 Å². The molecule has 0 aliphatic rings. The first-order valence-corrected chi connectivity index (χ1v) is 7.86. The van der Waals surface area contributed by atoms with Crippen LogP contribution in [0.5, 0.6) is 0 Å². The summed E-state index contributed by atoms with van der Waals surface area (Å²) < 4.78 is 0. The van der Waals surface area contributed by atoms with Crippen molar-refractivity contribution in [2.45, 2.75) is 51.9 Å². The van der Waals surface area contributed by atoms with Gasteiger partial charge in [-0.15, -0.1) is 0 Å². The van der Waals surface area contributed by atoms with Crippen LogP contribution in [-0.2, 0) is 5.41 Å². The highest BCUT2D eigenvalue weighted by Gasteiger charge is 2.26. The molecule has 0 aromatic heterocycles. The van der Waals surface area contributed by atoms with Crippen molar-refractivity contribution in [1.82, 2.24) is 0 Å². The zero-order chi connectivity index (χ0) is 14.4. The Morgan fingerprint density at radius 2 is 1.50 bits per heavy atom. The molecule has 0 spiro atoms. The lowest BCUT2D eigenvalue weighted by atomic mass is 9.73. The SMILES string of the molecule is CCCCC(C)(CC)c1ccccc1-c1ccccc1. The van der Waals surface area contributed by atoms with E-state index in [0.29, 0.717) is 0 Å². The number of benzene rings is 2. The molecular formula is C20H26. The van der Waals surface area contributed by atoms with Crippen LogP contribution in [0.25, 0.3) is 11.1 Å². The molecular weight excluding hydrogens is 240 g/mol. The van der Waals surface area contributed by atoms with Gasteiger partial charge < -0.3 is 0 Å². The normalized spacial score (nSPS) is 13.9. The molecule has 20 heavy (non-hydrogen) atoms. The molecule has 0 aliphatic heterocycles. The molecule has 2 rings (SSSR count). The Morgan fingerprint density at radius 3 is 2.15 bits per heavy atom. The van der Waals surface area contributed by atoms with E-state index in [0.717, 1.165) is 0 Å².